The van der Waals surface area contributed by atoms with Gasteiger partial charge in [-0.15, -0.1) is 0 Å². The van der Waals surface area contributed by atoms with Crippen molar-refractivity contribution in [1.82, 2.24) is 0 Å². The van der Waals surface area contributed by atoms with Gasteiger partial charge in [-0.2, -0.15) is 0 Å². The van der Waals surface area contributed by atoms with Gasteiger partial charge in [-0.25, -0.2) is 0 Å². The average molecular weight is 456 g/mol. The summed E-state index contributed by atoms with van der Waals surface area (Å²) in [7, 11) is 0. The van der Waals surface area contributed by atoms with Crippen LogP contribution in [0.4, 0.5) is 0 Å². The van der Waals surface area contributed by atoms with Crippen molar-refractivity contribution < 1.29 is 0 Å². The maximum absolute atomic E-state index is 2.56. The molecule has 0 amide bonds. The van der Waals surface area contributed by atoms with Crippen molar-refractivity contribution in [3.63, 3.8) is 0 Å². The zero-order chi connectivity index (χ0) is 15.0. The van der Waals surface area contributed by atoms with Gasteiger partial charge in [0.05, 0.1) is 0 Å². The second kappa shape index (κ2) is 6.25. The van der Waals surface area contributed by atoms with Crippen LogP contribution >= 0.6 is 0 Å². The van der Waals surface area contributed by atoms with E-state index in [0.29, 0.717) is 0 Å². The minimum absolute atomic E-state index is 0.258. The summed E-state index contributed by atoms with van der Waals surface area (Å²) in [6, 6.07) is 5.06. The molecule has 0 saturated heterocycles. The third-order valence-electron chi connectivity index (χ3n) is 3.87. The normalized spacial score (nSPS) is 12.8. The molecule has 0 aromatic heterocycles. The molecule has 0 aliphatic rings. The van der Waals surface area contributed by atoms with E-state index in [1.54, 1.807) is 8.83 Å². The summed E-state index contributed by atoms with van der Waals surface area (Å²) >= 11 is -1.61. The van der Waals surface area contributed by atoms with Crippen LogP contribution in [0.2, 0.25) is 7.25 Å². The summed E-state index contributed by atoms with van der Waals surface area (Å²) in [4.78, 5) is 0. The van der Waals surface area contributed by atoms with E-state index in [4.69, 9.17) is 0 Å². The average Bonchev–Trinajstić information content (AvgIpc) is 2.20. The van der Waals surface area contributed by atoms with Gasteiger partial charge in [-0.05, 0) is 0 Å². The zero-order valence-corrected chi connectivity index (χ0v) is 17.7. The predicted molar refractivity (Wildman–Crippen MR) is 90.2 cm³/mol. The quantitative estimate of drug-likeness (QED) is 0.554. The molecule has 0 radical (unpaired) electrons. The number of benzene rings is 1. The van der Waals surface area contributed by atoms with Gasteiger partial charge in [-0.1, -0.05) is 0 Å². The van der Waals surface area contributed by atoms with Crippen molar-refractivity contribution in [3.05, 3.63) is 28.8 Å². The monoisotopic (exact) mass is 456 g/mol. The van der Waals surface area contributed by atoms with Gasteiger partial charge in [0.25, 0.3) is 0 Å². The van der Waals surface area contributed by atoms with Crippen LogP contribution in [-0.2, 0) is 5.41 Å². The fourth-order valence-corrected chi connectivity index (χ4v) is 14.6. The zero-order valence-electron chi connectivity index (χ0n) is 14.3. The number of rotatable bonds is 3. The number of aryl methyl sites for hydroxylation is 1. The molecule has 0 aliphatic heterocycles. The Kier molecular flexibility index (Phi) is 5.65. The van der Waals surface area contributed by atoms with Crippen LogP contribution in [0, 0.1) is 13.8 Å². The van der Waals surface area contributed by atoms with E-state index in [0.717, 1.165) is 7.25 Å². The van der Waals surface area contributed by atoms with Crippen LogP contribution in [-0.4, -0.2) is 21.8 Å². The van der Waals surface area contributed by atoms with Crippen LogP contribution in [0.5, 0.6) is 0 Å². The third kappa shape index (κ3) is 4.04. The molecule has 0 atom stereocenters. The molecule has 108 valence electrons. The first-order chi connectivity index (χ1) is 8.55. The first-order valence-corrected chi connectivity index (χ1v) is 13.2. The summed E-state index contributed by atoms with van der Waals surface area (Å²) in [5.41, 5.74) is 4.80. The van der Waals surface area contributed by atoms with E-state index < -0.39 is 21.8 Å². The van der Waals surface area contributed by atoms with Crippen LogP contribution in [0.1, 0.15) is 65.2 Å². The van der Waals surface area contributed by atoms with E-state index in [2.05, 4.69) is 74.4 Å². The fourth-order valence-electron chi connectivity index (χ4n) is 2.96. The van der Waals surface area contributed by atoms with Crippen LogP contribution < -0.4 is 3.27 Å². The van der Waals surface area contributed by atoms with Gasteiger partial charge in [0, 0.05) is 0 Å². The molecule has 1 aromatic carbocycles. The standard InChI is InChI=1S/C12H17.2C3H7.Bi/c1-9-7-6-8-11(10(9)2)12(3,4)5;2*1-3-2;/h7-8H,1-5H3;2*3H,1-2H3;. The van der Waals surface area contributed by atoms with Crippen molar-refractivity contribution in [3.8, 4) is 0 Å². The Morgan fingerprint density at radius 3 is 1.74 bits per heavy atom. The summed E-state index contributed by atoms with van der Waals surface area (Å²) in [5.74, 6) is 0. The van der Waals surface area contributed by atoms with Crippen molar-refractivity contribution in [1.29, 1.82) is 0 Å². The predicted octanol–water partition coefficient (Wildman–Crippen LogP) is 5.12. The molecule has 0 nitrogen and oxygen atoms in total. The van der Waals surface area contributed by atoms with E-state index in [1.807, 2.05) is 0 Å². The first-order valence-electron chi connectivity index (χ1n) is 7.45. The van der Waals surface area contributed by atoms with E-state index in [-0.39, 0.29) is 5.41 Å². The molecular weight excluding hydrogens is 425 g/mol. The van der Waals surface area contributed by atoms with Gasteiger partial charge in [-0.3, -0.25) is 0 Å². The van der Waals surface area contributed by atoms with E-state index >= 15 is 0 Å². The van der Waals surface area contributed by atoms with Crippen molar-refractivity contribution >= 4 is 25.0 Å². The fraction of sp³-hybridized carbons (Fsp3) is 0.667. The molecule has 1 aromatic rings. The molecule has 0 aliphatic carbocycles. The Morgan fingerprint density at radius 2 is 1.37 bits per heavy atom. The van der Waals surface area contributed by atoms with Gasteiger partial charge >= 0.3 is 129 Å². The Balaban J connectivity index is 3.42. The molecule has 0 spiro atoms. The minimum atomic E-state index is -1.61. The summed E-state index contributed by atoms with van der Waals surface area (Å²) in [6.07, 6.45) is 0. The molecule has 0 saturated carbocycles. The molecule has 0 heterocycles. The SMILES string of the molecule is Cc1c[c]([Bi]([CH](C)C)[CH](C)C)cc(C(C)(C)C)c1C. The van der Waals surface area contributed by atoms with Crippen LogP contribution in [0.25, 0.3) is 0 Å². The Bertz CT molecular complexity index is 428. The molecule has 0 bridgehead atoms. The van der Waals surface area contributed by atoms with Gasteiger partial charge in [0.2, 0.25) is 0 Å². The second-order valence-corrected chi connectivity index (χ2v) is 20.5. The second-order valence-electron chi connectivity index (χ2n) is 7.28. The summed E-state index contributed by atoms with van der Waals surface area (Å²) < 4.78 is 3.52. The Morgan fingerprint density at radius 1 is 0.895 bits per heavy atom. The van der Waals surface area contributed by atoms with Gasteiger partial charge < -0.3 is 0 Å². The number of hydrogen-bond acceptors (Lipinski definition) is 0. The summed E-state index contributed by atoms with van der Waals surface area (Å²) in [6.45, 7) is 21.3. The Hall–Kier alpha value is 0.103. The maximum atomic E-state index is 2.56. The summed E-state index contributed by atoms with van der Waals surface area (Å²) in [5, 5.41) is 0. The molecule has 1 heteroatoms. The van der Waals surface area contributed by atoms with Crippen molar-refractivity contribution in [2.24, 2.45) is 0 Å². The molecule has 0 fully saturated rings. The van der Waals surface area contributed by atoms with Crippen LogP contribution in [0.3, 0.4) is 0 Å². The van der Waals surface area contributed by atoms with Gasteiger partial charge in [0.1, 0.15) is 0 Å². The topological polar surface area (TPSA) is 0 Å². The first kappa shape index (κ1) is 17.2. The van der Waals surface area contributed by atoms with E-state index in [9.17, 15) is 0 Å². The molecular formula is C18H31Bi. The van der Waals surface area contributed by atoms with Gasteiger partial charge in [0.15, 0.2) is 0 Å². The van der Waals surface area contributed by atoms with Crippen LogP contribution in [0.15, 0.2) is 12.1 Å². The third-order valence-corrected chi connectivity index (χ3v) is 15.8. The number of hydrogen-bond donors (Lipinski definition) is 0. The molecule has 0 N–H and O–H groups in total. The van der Waals surface area contributed by atoms with Crippen molar-refractivity contribution in [2.45, 2.75) is 75.0 Å². The Labute approximate surface area is 128 Å². The molecule has 19 heavy (non-hydrogen) atoms. The molecule has 1 rings (SSSR count). The van der Waals surface area contributed by atoms with E-state index in [1.165, 1.54) is 11.1 Å². The van der Waals surface area contributed by atoms with Crippen molar-refractivity contribution in [2.75, 3.05) is 0 Å². The molecule has 0 unspecified atom stereocenters.